The number of benzene rings is 1. The zero-order valence-electron chi connectivity index (χ0n) is 16.4. The molecule has 1 aromatic rings. The van der Waals surface area contributed by atoms with Crippen molar-refractivity contribution in [1.82, 2.24) is 9.62 Å². The number of ketones is 1. The highest BCUT2D eigenvalue weighted by molar-refractivity contribution is 7.92. The van der Waals surface area contributed by atoms with Crippen LogP contribution >= 0.6 is 0 Å². The van der Waals surface area contributed by atoms with E-state index < -0.39 is 47.7 Å². The molecule has 1 aromatic carbocycles. The van der Waals surface area contributed by atoms with Gasteiger partial charge in [0.25, 0.3) is 0 Å². The summed E-state index contributed by atoms with van der Waals surface area (Å²) in [6.45, 7) is 8.20. The maximum absolute atomic E-state index is 12.1. The van der Waals surface area contributed by atoms with Crippen molar-refractivity contribution < 1.29 is 28.1 Å². The third kappa shape index (κ3) is 7.19. The molecule has 0 aliphatic carbocycles. The lowest BCUT2D eigenvalue weighted by atomic mass is 9.75. The summed E-state index contributed by atoms with van der Waals surface area (Å²) in [6.07, 6.45) is -0.394. The number of hydrogen-bond acceptors (Lipinski definition) is 6. The number of carbonyl (C=O) groups excluding carboxylic acids is 2. The Morgan fingerprint density at radius 3 is 2.46 bits per heavy atom. The van der Waals surface area contributed by atoms with Gasteiger partial charge in [0.15, 0.2) is 5.78 Å². The Hall–Kier alpha value is -2.01. The summed E-state index contributed by atoms with van der Waals surface area (Å²) in [6, 6.07) is 5.67. The topological polar surface area (TPSA) is 124 Å². The molecule has 0 bridgehead atoms. The summed E-state index contributed by atoms with van der Waals surface area (Å²) in [5, 5.41) is 22.3. The van der Waals surface area contributed by atoms with Crippen molar-refractivity contribution >= 4 is 28.8 Å². The largest absolute Gasteiger partial charge is 0.475 e. The second kappa shape index (κ2) is 10.5. The minimum absolute atomic E-state index is 0.0619. The summed E-state index contributed by atoms with van der Waals surface area (Å²) in [7, 11) is -5.57. The standard InChI is InChI=1S/C18H27BN2O6S/c1-5-21(28(26,27)6-2)12-16(22)11-18(23)20-17(19(24)25)10-15-8-7-13(3)9-14(15)4/h6-9,17,24-25H,2,5,10-12H2,1,3-4H3,(H,20,23)/t17-/m0/s1. The molecule has 0 radical (unpaired) electrons. The molecule has 0 aromatic heterocycles. The molecular weight excluding hydrogens is 383 g/mol. The van der Waals surface area contributed by atoms with Crippen LogP contribution in [0.25, 0.3) is 0 Å². The number of rotatable bonds is 11. The Morgan fingerprint density at radius 2 is 1.96 bits per heavy atom. The molecule has 3 N–H and O–H groups in total. The average Bonchev–Trinajstić information content (AvgIpc) is 2.60. The molecule has 1 rings (SSSR count). The second-order valence-corrected chi connectivity index (χ2v) is 8.45. The lowest BCUT2D eigenvalue weighted by Gasteiger charge is -2.20. The van der Waals surface area contributed by atoms with Gasteiger partial charge in [0, 0.05) is 12.0 Å². The van der Waals surface area contributed by atoms with Crippen molar-refractivity contribution in [2.24, 2.45) is 0 Å². The van der Waals surface area contributed by atoms with Crippen molar-refractivity contribution in [3.63, 3.8) is 0 Å². The molecule has 0 heterocycles. The Morgan fingerprint density at radius 1 is 1.32 bits per heavy atom. The van der Waals surface area contributed by atoms with E-state index in [1.165, 1.54) is 0 Å². The van der Waals surface area contributed by atoms with Crippen LogP contribution in [0.5, 0.6) is 0 Å². The minimum atomic E-state index is -3.76. The maximum atomic E-state index is 12.1. The van der Waals surface area contributed by atoms with Crippen LogP contribution in [0.4, 0.5) is 0 Å². The second-order valence-electron chi connectivity index (χ2n) is 6.57. The first-order valence-electron chi connectivity index (χ1n) is 8.86. The zero-order chi connectivity index (χ0) is 21.5. The molecule has 0 aliphatic rings. The maximum Gasteiger partial charge on any atom is 0.475 e. The summed E-state index contributed by atoms with van der Waals surface area (Å²) in [5.74, 6) is -2.32. The van der Waals surface area contributed by atoms with Crippen LogP contribution in [0.2, 0.25) is 0 Å². The van der Waals surface area contributed by atoms with Crippen molar-refractivity contribution in [1.29, 1.82) is 0 Å². The number of hydrogen-bond donors (Lipinski definition) is 3. The predicted molar refractivity (Wildman–Crippen MR) is 108 cm³/mol. The summed E-state index contributed by atoms with van der Waals surface area (Å²) in [4.78, 5) is 24.2. The number of carbonyl (C=O) groups is 2. The highest BCUT2D eigenvalue weighted by Gasteiger charge is 2.27. The monoisotopic (exact) mass is 410 g/mol. The van der Waals surface area contributed by atoms with E-state index in [1.54, 1.807) is 6.92 Å². The summed E-state index contributed by atoms with van der Waals surface area (Å²) >= 11 is 0. The molecule has 0 saturated carbocycles. The number of aryl methyl sites for hydroxylation is 2. The number of nitrogens with zero attached hydrogens (tertiary/aromatic N) is 1. The number of Topliss-reactive ketones (excluding diaryl/α,β-unsaturated/α-hetero) is 1. The van der Waals surface area contributed by atoms with E-state index in [1.807, 2.05) is 32.0 Å². The quantitative estimate of drug-likeness (QED) is 0.351. The smallest absolute Gasteiger partial charge is 0.426 e. The third-order valence-corrected chi connectivity index (χ3v) is 5.81. The predicted octanol–water partition coefficient (Wildman–Crippen LogP) is 0.0971. The zero-order valence-corrected chi connectivity index (χ0v) is 17.2. The van der Waals surface area contributed by atoms with Crippen molar-refractivity contribution in [3.05, 3.63) is 46.9 Å². The van der Waals surface area contributed by atoms with Gasteiger partial charge in [-0.2, -0.15) is 4.31 Å². The van der Waals surface area contributed by atoms with Gasteiger partial charge in [0.05, 0.1) is 18.9 Å². The highest BCUT2D eigenvalue weighted by atomic mass is 32.2. The molecule has 154 valence electrons. The molecular formula is C18H27BN2O6S. The van der Waals surface area contributed by atoms with E-state index in [0.717, 1.165) is 26.4 Å². The van der Waals surface area contributed by atoms with Crippen LogP contribution in [0.1, 0.15) is 30.0 Å². The van der Waals surface area contributed by atoms with Crippen LogP contribution in [-0.4, -0.2) is 60.6 Å². The van der Waals surface area contributed by atoms with Gasteiger partial charge in [0.2, 0.25) is 15.9 Å². The number of nitrogens with one attached hydrogen (secondary N) is 1. The molecule has 0 spiro atoms. The SMILES string of the molecule is C=CS(=O)(=O)N(CC)CC(=O)CC(=O)N[C@@H](Cc1ccc(C)cc1C)B(O)O. The lowest BCUT2D eigenvalue weighted by molar-refractivity contribution is -0.128. The van der Waals surface area contributed by atoms with E-state index in [0.29, 0.717) is 0 Å². The molecule has 0 unspecified atom stereocenters. The molecule has 0 fully saturated rings. The first-order chi connectivity index (χ1) is 13.0. The van der Waals surface area contributed by atoms with Gasteiger partial charge in [-0.15, -0.1) is 0 Å². The minimum Gasteiger partial charge on any atom is -0.426 e. The van der Waals surface area contributed by atoms with Crippen LogP contribution in [0.3, 0.4) is 0 Å². The van der Waals surface area contributed by atoms with Crippen LogP contribution in [0.15, 0.2) is 30.2 Å². The Balaban J connectivity index is 2.74. The number of sulfonamides is 1. The average molecular weight is 410 g/mol. The van der Waals surface area contributed by atoms with E-state index in [4.69, 9.17) is 0 Å². The van der Waals surface area contributed by atoms with Gasteiger partial charge in [-0.25, -0.2) is 8.42 Å². The van der Waals surface area contributed by atoms with Crippen molar-refractivity contribution in [2.75, 3.05) is 13.1 Å². The lowest BCUT2D eigenvalue weighted by Crippen LogP contribution is -2.48. The summed E-state index contributed by atoms with van der Waals surface area (Å²) in [5.41, 5.74) is 2.85. The first kappa shape index (κ1) is 24.0. The fraction of sp³-hybridized carbons (Fsp3) is 0.444. The normalized spacial score (nSPS) is 12.5. The molecule has 28 heavy (non-hydrogen) atoms. The van der Waals surface area contributed by atoms with E-state index in [2.05, 4.69) is 11.9 Å². The summed E-state index contributed by atoms with van der Waals surface area (Å²) < 4.78 is 24.4. The van der Waals surface area contributed by atoms with Gasteiger partial charge < -0.3 is 15.4 Å². The third-order valence-electron chi connectivity index (χ3n) is 4.28. The van der Waals surface area contributed by atoms with Crippen molar-refractivity contribution in [2.45, 2.75) is 39.6 Å². The van der Waals surface area contributed by atoms with Gasteiger partial charge in [-0.1, -0.05) is 37.3 Å². The molecule has 1 atom stereocenters. The Labute approximate surface area is 166 Å². The van der Waals surface area contributed by atoms with Gasteiger partial charge >= 0.3 is 7.12 Å². The van der Waals surface area contributed by atoms with E-state index >= 15 is 0 Å². The van der Waals surface area contributed by atoms with Crippen molar-refractivity contribution in [3.8, 4) is 0 Å². The number of amides is 1. The van der Waals surface area contributed by atoms with Crippen LogP contribution < -0.4 is 5.32 Å². The Bertz CT molecular complexity index is 825. The molecule has 0 aliphatic heterocycles. The van der Waals surface area contributed by atoms with Crippen LogP contribution in [-0.2, 0) is 26.0 Å². The molecule has 8 nitrogen and oxygen atoms in total. The van der Waals surface area contributed by atoms with Gasteiger partial charge in [-0.05, 0) is 31.4 Å². The molecule has 10 heteroatoms. The van der Waals surface area contributed by atoms with Crippen LogP contribution in [0, 0.1) is 13.8 Å². The first-order valence-corrected chi connectivity index (χ1v) is 10.4. The molecule has 1 amide bonds. The fourth-order valence-corrected chi connectivity index (χ4v) is 3.61. The Kier molecular flexibility index (Phi) is 9.03. The van der Waals surface area contributed by atoms with E-state index in [9.17, 15) is 28.1 Å². The molecule has 0 saturated heterocycles. The van der Waals surface area contributed by atoms with E-state index in [-0.39, 0.29) is 13.0 Å². The van der Waals surface area contributed by atoms with Gasteiger partial charge in [0.1, 0.15) is 0 Å². The highest BCUT2D eigenvalue weighted by Crippen LogP contribution is 2.13. The number of likely N-dealkylation sites (N-methyl/N-ethyl adjacent to an activating group) is 1. The van der Waals surface area contributed by atoms with Gasteiger partial charge in [-0.3, -0.25) is 9.59 Å². The fourth-order valence-electron chi connectivity index (χ4n) is 2.72.